The summed E-state index contributed by atoms with van der Waals surface area (Å²) in [5.41, 5.74) is 0.343. The number of carbonyl (C=O) groups excluding carboxylic acids is 1. The average Bonchev–Trinajstić information content (AvgIpc) is 2.64. The number of hydrogen-bond donors (Lipinski definition) is 2. The van der Waals surface area contributed by atoms with Gasteiger partial charge in [0.2, 0.25) is 5.91 Å². The molecule has 0 aliphatic heterocycles. The first-order valence-corrected chi connectivity index (χ1v) is 5.15. The number of aromatic nitrogens is 3. The molecule has 17 heavy (non-hydrogen) atoms. The molecule has 1 heterocycles. The van der Waals surface area contributed by atoms with Crippen molar-refractivity contribution >= 4 is 18.0 Å². The Kier molecular flexibility index (Phi) is 4.38. The van der Waals surface area contributed by atoms with Crippen LogP contribution in [0.15, 0.2) is 11.9 Å². The molecule has 7 nitrogen and oxygen atoms in total. The van der Waals surface area contributed by atoms with E-state index in [9.17, 15) is 9.59 Å². The van der Waals surface area contributed by atoms with E-state index in [1.165, 1.54) is 19.2 Å². The van der Waals surface area contributed by atoms with Gasteiger partial charge in [0.15, 0.2) is 0 Å². The van der Waals surface area contributed by atoms with E-state index < -0.39 is 11.9 Å². The number of carboxylic acids is 1. The Labute approximate surface area is 98.1 Å². The highest BCUT2D eigenvalue weighted by Gasteiger charge is 2.10. The van der Waals surface area contributed by atoms with Crippen LogP contribution in [0.3, 0.4) is 0 Å². The van der Waals surface area contributed by atoms with Gasteiger partial charge in [-0.15, -0.1) is 5.10 Å². The lowest BCUT2D eigenvalue weighted by molar-refractivity contribution is -0.134. The van der Waals surface area contributed by atoms with E-state index in [2.05, 4.69) is 15.6 Å². The molecule has 1 aromatic rings. The minimum Gasteiger partial charge on any atom is -0.477 e. The number of hydrogen-bond acceptors (Lipinski definition) is 4. The van der Waals surface area contributed by atoms with Gasteiger partial charge in [0, 0.05) is 13.5 Å². The normalized spacial score (nSPS) is 11.3. The molecule has 0 radical (unpaired) electrons. The van der Waals surface area contributed by atoms with Crippen LogP contribution in [0.4, 0.5) is 0 Å². The molecule has 0 atom stereocenters. The van der Waals surface area contributed by atoms with Crippen LogP contribution >= 0.6 is 0 Å². The SMILES string of the molecule is CCCn1nncc1/C=C(/NC(C)=O)C(=O)O. The van der Waals surface area contributed by atoms with Crippen molar-refractivity contribution in [1.82, 2.24) is 20.3 Å². The molecule has 1 rings (SSSR count). The van der Waals surface area contributed by atoms with Crippen LogP contribution in [0.25, 0.3) is 6.08 Å². The zero-order valence-corrected chi connectivity index (χ0v) is 9.67. The summed E-state index contributed by atoms with van der Waals surface area (Å²) in [7, 11) is 0. The third-order valence-corrected chi connectivity index (χ3v) is 1.92. The smallest absolute Gasteiger partial charge is 0.352 e. The second-order valence-corrected chi connectivity index (χ2v) is 3.43. The first-order chi connectivity index (χ1) is 8.04. The van der Waals surface area contributed by atoms with E-state index in [1.54, 1.807) is 4.68 Å². The number of nitrogens with zero attached hydrogens (tertiary/aromatic N) is 3. The Morgan fingerprint density at radius 1 is 1.59 bits per heavy atom. The van der Waals surface area contributed by atoms with E-state index in [4.69, 9.17) is 5.11 Å². The fourth-order valence-corrected chi connectivity index (χ4v) is 1.25. The molecular formula is C10H14N4O3. The maximum Gasteiger partial charge on any atom is 0.352 e. The van der Waals surface area contributed by atoms with E-state index in [1.807, 2.05) is 6.92 Å². The van der Waals surface area contributed by atoms with Gasteiger partial charge in [-0.25, -0.2) is 9.48 Å². The zero-order valence-electron chi connectivity index (χ0n) is 9.67. The van der Waals surface area contributed by atoms with E-state index in [-0.39, 0.29) is 5.70 Å². The molecule has 0 aromatic carbocycles. The van der Waals surface area contributed by atoms with Crippen LogP contribution < -0.4 is 5.32 Å². The summed E-state index contributed by atoms with van der Waals surface area (Å²) in [6.07, 6.45) is 3.63. The molecule has 0 aliphatic rings. The standard InChI is InChI=1S/C10H14N4O3/c1-3-4-14-8(6-11-13-14)5-9(10(16)17)12-7(2)15/h5-6H,3-4H2,1-2H3,(H,12,15)(H,16,17)/b9-5+. The first-order valence-electron chi connectivity index (χ1n) is 5.15. The summed E-state index contributed by atoms with van der Waals surface area (Å²) in [4.78, 5) is 21.7. The Morgan fingerprint density at radius 3 is 2.82 bits per heavy atom. The van der Waals surface area contributed by atoms with Gasteiger partial charge >= 0.3 is 5.97 Å². The van der Waals surface area contributed by atoms with Gasteiger partial charge in [-0.2, -0.15) is 0 Å². The lowest BCUT2D eigenvalue weighted by atomic mass is 10.3. The van der Waals surface area contributed by atoms with Crippen molar-refractivity contribution in [2.75, 3.05) is 0 Å². The van der Waals surface area contributed by atoms with Gasteiger partial charge in [-0.05, 0) is 12.5 Å². The third-order valence-electron chi connectivity index (χ3n) is 1.92. The Balaban J connectivity index is 2.99. The van der Waals surface area contributed by atoms with Crippen LogP contribution in [0.2, 0.25) is 0 Å². The number of aryl methyl sites for hydroxylation is 1. The molecular weight excluding hydrogens is 224 g/mol. The van der Waals surface area contributed by atoms with E-state index in [0.29, 0.717) is 12.2 Å². The van der Waals surface area contributed by atoms with Gasteiger partial charge in [-0.3, -0.25) is 4.79 Å². The van der Waals surface area contributed by atoms with Gasteiger partial charge in [0.1, 0.15) is 5.70 Å². The van der Waals surface area contributed by atoms with Crippen LogP contribution in [-0.4, -0.2) is 32.0 Å². The molecule has 0 aliphatic carbocycles. The van der Waals surface area contributed by atoms with Crippen molar-refractivity contribution in [2.45, 2.75) is 26.8 Å². The number of aliphatic carboxylic acids is 1. The summed E-state index contributed by atoms with van der Waals surface area (Å²) in [6, 6.07) is 0. The summed E-state index contributed by atoms with van der Waals surface area (Å²) >= 11 is 0. The van der Waals surface area contributed by atoms with E-state index in [0.717, 1.165) is 6.42 Å². The fourth-order valence-electron chi connectivity index (χ4n) is 1.25. The summed E-state index contributed by atoms with van der Waals surface area (Å²) in [5.74, 6) is -1.64. The Hall–Kier alpha value is -2.18. The van der Waals surface area contributed by atoms with Crippen LogP contribution in [-0.2, 0) is 16.1 Å². The predicted octanol–water partition coefficient (Wildman–Crippen LogP) is 0.250. The van der Waals surface area contributed by atoms with Gasteiger partial charge in [0.25, 0.3) is 0 Å². The number of nitrogens with one attached hydrogen (secondary N) is 1. The van der Waals surface area contributed by atoms with Crippen LogP contribution in [0.5, 0.6) is 0 Å². The number of carbonyl (C=O) groups is 2. The molecule has 0 saturated heterocycles. The largest absolute Gasteiger partial charge is 0.477 e. The molecule has 0 spiro atoms. The molecule has 1 aromatic heterocycles. The summed E-state index contributed by atoms with van der Waals surface area (Å²) < 4.78 is 1.57. The fraction of sp³-hybridized carbons (Fsp3) is 0.400. The zero-order chi connectivity index (χ0) is 12.8. The maximum absolute atomic E-state index is 10.9. The first kappa shape index (κ1) is 12.9. The molecule has 0 bridgehead atoms. The van der Waals surface area contributed by atoms with Crippen LogP contribution in [0, 0.1) is 0 Å². The van der Waals surface area contributed by atoms with Gasteiger partial charge in [-0.1, -0.05) is 12.1 Å². The molecule has 1 amide bonds. The van der Waals surface area contributed by atoms with Gasteiger partial charge < -0.3 is 10.4 Å². The van der Waals surface area contributed by atoms with Crippen molar-refractivity contribution in [2.24, 2.45) is 0 Å². The molecule has 0 fully saturated rings. The molecule has 0 unspecified atom stereocenters. The number of rotatable bonds is 5. The Morgan fingerprint density at radius 2 is 2.29 bits per heavy atom. The summed E-state index contributed by atoms with van der Waals surface area (Å²) in [6.45, 7) is 3.86. The highest BCUT2D eigenvalue weighted by atomic mass is 16.4. The topological polar surface area (TPSA) is 97.1 Å². The highest BCUT2D eigenvalue weighted by molar-refractivity contribution is 5.96. The number of amides is 1. The molecule has 7 heteroatoms. The highest BCUT2D eigenvalue weighted by Crippen LogP contribution is 2.04. The molecule has 2 N–H and O–H groups in total. The molecule has 92 valence electrons. The lowest BCUT2D eigenvalue weighted by Crippen LogP contribution is -2.24. The lowest BCUT2D eigenvalue weighted by Gasteiger charge is -2.04. The second-order valence-electron chi connectivity index (χ2n) is 3.43. The van der Waals surface area contributed by atoms with E-state index >= 15 is 0 Å². The monoisotopic (exact) mass is 238 g/mol. The molecule has 0 saturated carbocycles. The minimum absolute atomic E-state index is 0.197. The maximum atomic E-state index is 10.9. The van der Waals surface area contributed by atoms with Crippen molar-refractivity contribution in [3.63, 3.8) is 0 Å². The quantitative estimate of drug-likeness (QED) is 0.716. The van der Waals surface area contributed by atoms with Gasteiger partial charge in [0.05, 0.1) is 11.9 Å². The summed E-state index contributed by atoms with van der Waals surface area (Å²) in [5, 5.41) is 18.7. The van der Waals surface area contributed by atoms with Crippen molar-refractivity contribution in [1.29, 1.82) is 0 Å². The minimum atomic E-state index is -1.20. The second kappa shape index (κ2) is 5.78. The Bertz CT molecular complexity index is 450. The van der Waals surface area contributed by atoms with Crippen molar-refractivity contribution in [3.05, 3.63) is 17.6 Å². The van der Waals surface area contributed by atoms with Crippen molar-refractivity contribution in [3.8, 4) is 0 Å². The van der Waals surface area contributed by atoms with Crippen LogP contribution in [0.1, 0.15) is 26.0 Å². The predicted molar refractivity (Wildman–Crippen MR) is 59.7 cm³/mol. The number of carboxylic acid groups (broad SMARTS) is 1. The average molecular weight is 238 g/mol. The third kappa shape index (κ3) is 3.71. The van der Waals surface area contributed by atoms with Crippen molar-refractivity contribution < 1.29 is 14.7 Å².